The van der Waals surface area contributed by atoms with E-state index in [1.807, 2.05) is 0 Å². The van der Waals surface area contributed by atoms with Crippen LogP contribution in [-0.4, -0.2) is 36.2 Å². The van der Waals surface area contributed by atoms with E-state index in [1.54, 1.807) is 26.2 Å². The van der Waals surface area contributed by atoms with E-state index in [2.05, 4.69) is 5.32 Å². The smallest absolute Gasteiger partial charge is 0.335 e. The van der Waals surface area contributed by atoms with Crippen LogP contribution >= 0.6 is 0 Å². The van der Waals surface area contributed by atoms with Gasteiger partial charge in [0, 0.05) is 12.7 Å². The molecule has 5 nitrogen and oxygen atoms in total. The third-order valence-electron chi connectivity index (χ3n) is 3.91. The van der Waals surface area contributed by atoms with Crippen molar-refractivity contribution >= 4 is 11.9 Å². The Morgan fingerprint density at radius 3 is 2.52 bits per heavy atom. The fourth-order valence-electron chi connectivity index (χ4n) is 2.83. The Balaban J connectivity index is 2.14. The van der Waals surface area contributed by atoms with Gasteiger partial charge in [0.05, 0.1) is 17.7 Å². The van der Waals surface area contributed by atoms with E-state index in [9.17, 15) is 9.59 Å². The van der Waals surface area contributed by atoms with Crippen LogP contribution in [-0.2, 0) is 4.74 Å². The minimum Gasteiger partial charge on any atom is -0.478 e. The Hall–Kier alpha value is -1.88. The van der Waals surface area contributed by atoms with Gasteiger partial charge >= 0.3 is 5.97 Å². The maximum atomic E-state index is 12.3. The molecule has 0 saturated heterocycles. The van der Waals surface area contributed by atoms with E-state index in [4.69, 9.17) is 9.84 Å². The zero-order chi connectivity index (χ0) is 15.4. The Morgan fingerprint density at radius 2 is 1.86 bits per heavy atom. The number of benzene rings is 1. The molecule has 1 aromatic rings. The second-order valence-electron chi connectivity index (χ2n) is 5.53. The molecule has 1 aliphatic rings. The number of carbonyl (C=O) groups is 2. The molecule has 21 heavy (non-hydrogen) atoms. The van der Waals surface area contributed by atoms with Crippen molar-refractivity contribution in [1.29, 1.82) is 0 Å². The van der Waals surface area contributed by atoms with Crippen LogP contribution in [0.4, 0.5) is 0 Å². The lowest BCUT2D eigenvalue weighted by Gasteiger charge is -2.31. The van der Waals surface area contributed by atoms with Crippen molar-refractivity contribution in [3.63, 3.8) is 0 Å². The topological polar surface area (TPSA) is 75.6 Å². The molecular weight excluding hydrogens is 270 g/mol. The summed E-state index contributed by atoms with van der Waals surface area (Å²) in [5.74, 6) is -1.27. The largest absolute Gasteiger partial charge is 0.478 e. The van der Waals surface area contributed by atoms with Crippen LogP contribution in [0.15, 0.2) is 18.2 Å². The van der Waals surface area contributed by atoms with Crippen molar-refractivity contribution in [3.05, 3.63) is 34.9 Å². The van der Waals surface area contributed by atoms with Gasteiger partial charge in [-0.1, -0.05) is 12.8 Å². The third-order valence-corrected chi connectivity index (χ3v) is 3.91. The number of aryl methyl sites for hydroxylation is 1. The molecule has 0 bridgehead atoms. The fourth-order valence-corrected chi connectivity index (χ4v) is 2.83. The van der Waals surface area contributed by atoms with Gasteiger partial charge < -0.3 is 15.2 Å². The number of nitrogens with one attached hydrogen (secondary N) is 1. The second-order valence-corrected chi connectivity index (χ2v) is 5.53. The van der Waals surface area contributed by atoms with Crippen LogP contribution in [0.2, 0.25) is 0 Å². The number of carboxylic acid groups (broad SMARTS) is 1. The molecular formula is C16H21NO4. The molecule has 1 amide bonds. The molecule has 2 atom stereocenters. The molecule has 0 aliphatic heterocycles. The van der Waals surface area contributed by atoms with Gasteiger partial charge in [-0.15, -0.1) is 0 Å². The summed E-state index contributed by atoms with van der Waals surface area (Å²) in [7, 11) is 1.66. The SMILES string of the molecule is CO[C@H]1CCCC[C@@H]1NC(=O)c1cc(C)cc(C(=O)O)c1. The molecule has 0 heterocycles. The molecule has 114 valence electrons. The van der Waals surface area contributed by atoms with Crippen molar-refractivity contribution in [2.45, 2.75) is 44.8 Å². The lowest BCUT2D eigenvalue weighted by atomic mass is 9.92. The summed E-state index contributed by atoms with van der Waals surface area (Å²) >= 11 is 0. The Bertz CT molecular complexity index is 541. The van der Waals surface area contributed by atoms with Crippen LogP contribution in [0, 0.1) is 6.92 Å². The van der Waals surface area contributed by atoms with Crippen LogP contribution in [0.5, 0.6) is 0 Å². The van der Waals surface area contributed by atoms with Gasteiger partial charge in [-0.2, -0.15) is 0 Å². The highest BCUT2D eigenvalue weighted by Crippen LogP contribution is 2.21. The van der Waals surface area contributed by atoms with E-state index < -0.39 is 5.97 Å². The normalized spacial score (nSPS) is 21.8. The maximum absolute atomic E-state index is 12.3. The first-order valence-corrected chi connectivity index (χ1v) is 7.20. The zero-order valence-electron chi connectivity index (χ0n) is 12.4. The molecule has 2 rings (SSSR count). The molecule has 2 N–H and O–H groups in total. The van der Waals surface area contributed by atoms with Gasteiger partial charge in [-0.25, -0.2) is 4.79 Å². The molecule has 5 heteroatoms. The number of carboxylic acids is 1. The van der Waals surface area contributed by atoms with Gasteiger partial charge in [0.2, 0.25) is 0 Å². The van der Waals surface area contributed by atoms with Gasteiger partial charge in [-0.3, -0.25) is 4.79 Å². The highest BCUT2D eigenvalue weighted by atomic mass is 16.5. The number of amides is 1. The number of methoxy groups -OCH3 is 1. The summed E-state index contributed by atoms with van der Waals surface area (Å²) in [6.07, 6.45) is 4.04. The van der Waals surface area contributed by atoms with Gasteiger partial charge in [0.25, 0.3) is 5.91 Å². The first-order chi connectivity index (χ1) is 10.0. The van der Waals surface area contributed by atoms with Crippen molar-refractivity contribution in [2.24, 2.45) is 0 Å². The highest BCUT2D eigenvalue weighted by molar-refractivity contribution is 5.98. The van der Waals surface area contributed by atoms with E-state index in [0.717, 1.165) is 31.2 Å². The summed E-state index contributed by atoms with van der Waals surface area (Å²) in [6, 6.07) is 4.66. The Labute approximate surface area is 124 Å². The Morgan fingerprint density at radius 1 is 1.19 bits per heavy atom. The van der Waals surface area contributed by atoms with Gasteiger partial charge in [0.1, 0.15) is 0 Å². The van der Waals surface area contributed by atoms with Crippen molar-refractivity contribution in [3.8, 4) is 0 Å². The third kappa shape index (κ3) is 3.82. The average molecular weight is 291 g/mol. The van der Waals surface area contributed by atoms with Crippen molar-refractivity contribution < 1.29 is 19.4 Å². The van der Waals surface area contributed by atoms with Gasteiger partial charge in [-0.05, 0) is 43.5 Å². The Kier molecular flexibility index (Phi) is 4.96. The lowest BCUT2D eigenvalue weighted by molar-refractivity contribution is 0.0392. The van der Waals surface area contributed by atoms with Crippen molar-refractivity contribution in [2.75, 3.05) is 7.11 Å². The highest BCUT2D eigenvalue weighted by Gasteiger charge is 2.26. The number of ether oxygens (including phenoxy) is 1. The molecule has 0 aromatic heterocycles. The second kappa shape index (κ2) is 6.72. The van der Waals surface area contributed by atoms with Crippen LogP contribution in [0.1, 0.15) is 52.0 Å². The molecule has 0 spiro atoms. The quantitative estimate of drug-likeness (QED) is 0.893. The maximum Gasteiger partial charge on any atom is 0.335 e. The zero-order valence-corrected chi connectivity index (χ0v) is 12.4. The van der Waals surface area contributed by atoms with Crippen LogP contribution in [0.25, 0.3) is 0 Å². The average Bonchev–Trinajstić information content (AvgIpc) is 2.47. The van der Waals surface area contributed by atoms with E-state index in [0.29, 0.717) is 5.56 Å². The van der Waals surface area contributed by atoms with Crippen LogP contribution in [0.3, 0.4) is 0 Å². The molecule has 1 fully saturated rings. The first kappa shape index (κ1) is 15.5. The van der Waals surface area contributed by atoms with E-state index >= 15 is 0 Å². The van der Waals surface area contributed by atoms with E-state index in [1.165, 1.54) is 6.07 Å². The predicted octanol–water partition coefficient (Wildman–Crippen LogP) is 2.38. The monoisotopic (exact) mass is 291 g/mol. The number of rotatable bonds is 4. The van der Waals surface area contributed by atoms with Crippen molar-refractivity contribution in [1.82, 2.24) is 5.32 Å². The summed E-state index contributed by atoms with van der Waals surface area (Å²) in [5.41, 5.74) is 1.27. The minimum absolute atomic E-state index is 0.00922. The fraction of sp³-hybridized carbons (Fsp3) is 0.500. The first-order valence-electron chi connectivity index (χ1n) is 7.20. The molecule has 1 aromatic carbocycles. The molecule has 1 aliphatic carbocycles. The summed E-state index contributed by atoms with van der Waals surface area (Å²) in [6.45, 7) is 1.78. The standard InChI is InChI=1S/C16H21NO4/c1-10-7-11(9-12(8-10)16(19)20)15(18)17-13-5-3-4-6-14(13)21-2/h7-9,13-14H,3-6H2,1-2H3,(H,17,18)(H,19,20)/t13-,14-/m0/s1. The summed E-state index contributed by atoms with van der Waals surface area (Å²) in [4.78, 5) is 23.4. The molecule has 0 unspecified atom stereocenters. The predicted molar refractivity (Wildman–Crippen MR) is 78.7 cm³/mol. The number of hydrogen-bond donors (Lipinski definition) is 2. The number of aromatic carboxylic acids is 1. The summed E-state index contributed by atoms with van der Waals surface area (Å²) < 4.78 is 5.42. The van der Waals surface area contributed by atoms with E-state index in [-0.39, 0.29) is 23.6 Å². The summed E-state index contributed by atoms with van der Waals surface area (Å²) in [5, 5.41) is 12.0. The lowest BCUT2D eigenvalue weighted by Crippen LogP contribution is -2.46. The molecule has 0 radical (unpaired) electrons. The minimum atomic E-state index is -1.03. The van der Waals surface area contributed by atoms with Gasteiger partial charge in [0.15, 0.2) is 0 Å². The molecule has 1 saturated carbocycles. The number of hydrogen-bond acceptors (Lipinski definition) is 3. The number of carbonyl (C=O) groups excluding carboxylic acids is 1. The van der Waals surface area contributed by atoms with Crippen LogP contribution < -0.4 is 5.32 Å².